The maximum Gasteiger partial charge on any atom is 0.324 e. The van der Waals surface area contributed by atoms with Crippen molar-refractivity contribution >= 4 is 5.97 Å². The van der Waals surface area contributed by atoms with Crippen molar-refractivity contribution in [1.82, 2.24) is 4.90 Å². The van der Waals surface area contributed by atoms with E-state index in [1.54, 1.807) is 0 Å². The highest BCUT2D eigenvalue weighted by molar-refractivity contribution is 5.79. The van der Waals surface area contributed by atoms with Crippen molar-refractivity contribution in [2.45, 2.75) is 77.3 Å². The molecular weight excluding hydrogens is 214 g/mol. The van der Waals surface area contributed by atoms with Crippen LogP contribution >= 0.6 is 0 Å². The Kier molecular flexibility index (Phi) is 5.44. The second kappa shape index (κ2) is 6.39. The van der Waals surface area contributed by atoms with E-state index >= 15 is 0 Å². The summed E-state index contributed by atoms with van der Waals surface area (Å²) < 4.78 is 0. The van der Waals surface area contributed by atoms with Crippen molar-refractivity contribution < 1.29 is 9.90 Å². The molecule has 0 aromatic carbocycles. The van der Waals surface area contributed by atoms with Crippen LogP contribution in [0.2, 0.25) is 0 Å². The van der Waals surface area contributed by atoms with Crippen molar-refractivity contribution in [3.8, 4) is 0 Å². The highest BCUT2D eigenvalue weighted by Crippen LogP contribution is 2.37. The van der Waals surface area contributed by atoms with Crippen molar-refractivity contribution in [2.24, 2.45) is 0 Å². The summed E-state index contributed by atoms with van der Waals surface area (Å²) in [5.74, 6) is -0.605. The third kappa shape index (κ3) is 3.01. The topological polar surface area (TPSA) is 40.5 Å². The minimum absolute atomic E-state index is 0.371. The van der Waals surface area contributed by atoms with E-state index in [1.165, 1.54) is 0 Å². The van der Waals surface area contributed by atoms with E-state index in [0.717, 1.165) is 51.5 Å². The summed E-state index contributed by atoms with van der Waals surface area (Å²) in [6.07, 6.45) is 7.03. The maximum absolute atomic E-state index is 11.7. The van der Waals surface area contributed by atoms with Gasteiger partial charge in [0.15, 0.2) is 0 Å². The standard InChI is InChI=1S/C14H27NO2/c1-4-6-11-15(12(3)5-2)14(13(16)17)9-7-8-10-14/h12H,4-11H2,1-3H3,(H,16,17). The summed E-state index contributed by atoms with van der Waals surface area (Å²) in [4.78, 5) is 14.0. The molecule has 0 spiro atoms. The van der Waals surface area contributed by atoms with Crippen LogP contribution < -0.4 is 0 Å². The van der Waals surface area contributed by atoms with E-state index in [1.807, 2.05) is 0 Å². The first-order chi connectivity index (χ1) is 8.08. The molecule has 1 atom stereocenters. The molecule has 0 aromatic heterocycles. The zero-order valence-electron chi connectivity index (χ0n) is 11.5. The first kappa shape index (κ1) is 14.5. The Hall–Kier alpha value is -0.570. The normalized spacial score (nSPS) is 20.7. The van der Waals surface area contributed by atoms with Gasteiger partial charge < -0.3 is 5.11 Å². The van der Waals surface area contributed by atoms with Gasteiger partial charge in [-0.15, -0.1) is 0 Å². The highest BCUT2D eigenvalue weighted by Gasteiger charge is 2.47. The van der Waals surface area contributed by atoms with Crippen LogP contribution in [0.3, 0.4) is 0 Å². The van der Waals surface area contributed by atoms with E-state index in [-0.39, 0.29) is 0 Å². The average Bonchev–Trinajstić information content (AvgIpc) is 2.79. The molecule has 0 heterocycles. The molecular formula is C14H27NO2. The second-order valence-corrected chi connectivity index (χ2v) is 5.35. The van der Waals surface area contributed by atoms with E-state index in [4.69, 9.17) is 0 Å². The van der Waals surface area contributed by atoms with Gasteiger partial charge in [0, 0.05) is 6.04 Å². The molecule has 1 fully saturated rings. The van der Waals surface area contributed by atoms with Crippen LogP contribution in [0, 0.1) is 0 Å². The molecule has 3 heteroatoms. The molecule has 0 saturated heterocycles. The van der Waals surface area contributed by atoms with Crippen molar-refractivity contribution in [1.29, 1.82) is 0 Å². The molecule has 1 N–H and O–H groups in total. The number of rotatable bonds is 7. The molecule has 1 saturated carbocycles. The molecule has 1 aliphatic carbocycles. The second-order valence-electron chi connectivity index (χ2n) is 5.35. The van der Waals surface area contributed by atoms with Crippen LogP contribution in [0.15, 0.2) is 0 Å². The Labute approximate surface area is 105 Å². The van der Waals surface area contributed by atoms with E-state index < -0.39 is 11.5 Å². The number of nitrogens with zero attached hydrogens (tertiary/aromatic N) is 1. The Morgan fingerprint density at radius 2 is 1.94 bits per heavy atom. The largest absolute Gasteiger partial charge is 0.480 e. The third-order valence-corrected chi connectivity index (χ3v) is 4.25. The number of unbranched alkanes of at least 4 members (excludes halogenated alkanes) is 1. The Morgan fingerprint density at radius 1 is 1.35 bits per heavy atom. The SMILES string of the molecule is CCCCN(C(C)CC)C1(C(=O)O)CCCC1. The van der Waals surface area contributed by atoms with Gasteiger partial charge in [0.2, 0.25) is 0 Å². The third-order valence-electron chi connectivity index (χ3n) is 4.25. The predicted octanol–water partition coefficient (Wildman–Crippen LogP) is 3.28. The van der Waals surface area contributed by atoms with Gasteiger partial charge in [-0.05, 0) is 39.2 Å². The van der Waals surface area contributed by atoms with Crippen molar-refractivity contribution in [3.63, 3.8) is 0 Å². The van der Waals surface area contributed by atoms with E-state index in [2.05, 4.69) is 25.7 Å². The van der Waals surface area contributed by atoms with Crippen LogP contribution in [0.4, 0.5) is 0 Å². The smallest absolute Gasteiger partial charge is 0.324 e. The lowest BCUT2D eigenvalue weighted by Crippen LogP contribution is -2.56. The van der Waals surface area contributed by atoms with Crippen LogP contribution in [0.5, 0.6) is 0 Å². The van der Waals surface area contributed by atoms with Gasteiger partial charge in [0.25, 0.3) is 0 Å². The van der Waals surface area contributed by atoms with E-state index in [9.17, 15) is 9.90 Å². The summed E-state index contributed by atoms with van der Waals surface area (Å²) in [6, 6.07) is 0.371. The summed E-state index contributed by atoms with van der Waals surface area (Å²) in [5, 5.41) is 9.64. The Balaban J connectivity index is 2.87. The van der Waals surface area contributed by atoms with Crippen molar-refractivity contribution in [3.05, 3.63) is 0 Å². The predicted molar refractivity (Wildman–Crippen MR) is 70.2 cm³/mol. The number of hydrogen-bond donors (Lipinski definition) is 1. The lowest BCUT2D eigenvalue weighted by atomic mass is 9.92. The first-order valence-corrected chi connectivity index (χ1v) is 7.08. The van der Waals surface area contributed by atoms with Crippen molar-refractivity contribution in [2.75, 3.05) is 6.54 Å². The molecule has 100 valence electrons. The number of hydrogen-bond acceptors (Lipinski definition) is 2. The molecule has 1 rings (SSSR count). The molecule has 0 bridgehead atoms. The monoisotopic (exact) mass is 241 g/mol. The van der Waals surface area contributed by atoms with Gasteiger partial charge in [0.1, 0.15) is 5.54 Å². The Bertz CT molecular complexity index is 247. The lowest BCUT2D eigenvalue weighted by molar-refractivity contribution is -0.153. The molecule has 17 heavy (non-hydrogen) atoms. The van der Waals surface area contributed by atoms with E-state index in [0.29, 0.717) is 6.04 Å². The maximum atomic E-state index is 11.7. The summed E-state index contributed by atoms with van der Waals surface area (Å²) in [7, 11) is 0. The lowest BCUT2D eigenvalue weighted by Gasteiger charge is -2.41. The molecule has 0 radical (unpaired) electrons. The number of carbonyl (C=O) groups is 1. The quantitative estimate of drug-likeness (QED) is 0.743. The molecule has 0 aromatic rings. The minimum atomic E-state index is -0.605. The summed E-state index contributed by atoms with van der Waals surface area (Å²) >= 11 is 0. The first-order valence-electron chi connectivity index (χ1n) is 7.08. The minimum Gasteiger partial charge on any atom is -0.480 e. The summed E-state index contributed by atoms with van der Waals surface area (Å²) in [5.41, 5.74) is -0.565. The van der Waals surface area contributed by atoms with Gasteiger partial charge in [-0.1, -0.05) is 33.1 Å². The number of carboxylic acids is 1. The summed E-state index contributed by atoms with van der Waals surface area (Å²) in [6.45, 7) is 7.40. The molecule has 0 aliphatic heterocycles. The fourth-order valence-corrected chi connectivity index (χ4v) is 2.99. The molecule has 1 aliphatic rings. The van der Waals surface area contributed by atoms with Gasteiger partial charge in [-0.25, -0.2) is 0 Å². The van der Waals surface area contributed by atoms with Gasteiger partial charge in [0.05, 0.1) is 0 Å². The zero-order valence-corrected chi connectivity index (χ0v) is 11.5. The van der Waals surface area contributed by atoms with Crippen LogP contribution in [0.25, 0.3) is 0 Å². The molecule has 1 unspecified atom stereocenters. The molecule has 3 nitrogen and oxygen atoms in total. The van der Waals surface area contributed by atoms with Gasteiger partial charge >= 0.3 is 5.97 Å². The number of aliphatic carboxylic acids is 1. The zero-order chi connectivity index (χ0) is 12.9. The van der Waals surface area contributed by atoms with Gasteiger partial charge in [-0.3, -0.25) is 9.69 Å². The molecule has 0 amide bonds. The fraction of sp³-hybridized carbons (Fsp3) is 0.929. The van der Waals surface area contributed by atoms with Crippen LogP contribution in [-0.2, 0) is 4.79 Å². The highest BCUT2D eigenvalue weighted by atomic mass is 16.4. The van der Waals surface area contributed by atoms with Crippen LogP contribution in [-0.4, -0.2) is 34.1 Å². The van der Waals surface area contributed by atoms with Gasteiger partial charge in [-0.2, -0.15) is 0 Å². The number of carboxylic acid groups (broad SMARTS) is 1. The fourth-order valence-electron chi connectivity index (χ4n) is 2.99. The Morgan fingerprint density at radius 3 is 2.35 bits per heavy atom. The average molecular weight is 241 g/mol. The van der Waals surface area contributed by atoms with Crippen LogP contribution in [0.1, 0.15) is 65.7 Å².